The van der Waals surface area contributed by atoms with Gasteiger partial charge in [0.05, 0.1) is 6.61 Å². The Hall–Kier alpha value is -1.92. The molecule has 0 spiro atoms. The summed E-state index contributed by atoms with van der Waals surface area (Å²) in [6.07, 6.45) is 11.1. The van der Waals surface area contributed by atoms with Gasteiger partial charge in [-0.3, -0.25) is 9.05 Å². The summed E-state index contributed by atoms with van der Waals surface area (Å²) in [5.41, 5.74) is 2.03. The fourth-order valence-electron chi connectivity index (χ4n) is 6.47. The van der Waals surface area contributed by atoms with Crippen molar-refractivity contribution >= 4 is 13.8 Å². The molecule has 0 amide bonds. The van der Waals surface area contributed by atoms with Crippen molar-refractivity contribution in [2.45, 2.75) is 123 Å². The van der Waals surface area contributed by atoms with Crippen LogP contribution in [0.4, 0.5) is 0 Å². The number of hydrogen-bond donors (Lipinski definition) is 2. The van der Waals surface area contributed by atoms with E-state index in [4.69, 9.17) is 13.8 Å². The Morgan fingerprint density at radius 1 is 1.15 bits per heavy atom. The lowest BCUT2D eigenvalue weighted by molar-refractivity contribution is -0.153. The number of carbonyl (C=O) groups excluding carboxylic acids is 1. The number of phenolic OH excluding ortho intramolecular Hbond substituents is 1. The largest absolute Gasteiger partial charge is 0.507 e. The number of allylic oxidation sites excluding steroid dienone is 3. The number of hydrogen-bond acceptors (Lipinski definition) is 6. The van der Waals surface area contributed by atoms with Crippen molar-refractivity contribution in [3.8, 4) is 11.5 Å². The molecule has 230 valence electrons. The number of phenols is 1. The van der Waals surface area contributed by atoms with Gasteiger partial charge < -0.3 is 14.7 Å². The monoisotopic (exact) mass is 590 g/mol. The number of aromatic hydroxyl groups is 1. The van der Waals surface area contributed by atoms with E-state index in [-0.39, 0.29) is 48.7 Å². The van der Waals surface area contributed by atoms with Crippen LogP contribution >= 0.6 is 7.82 Å². The number of esters is 1. The second-order valence-corrected chi connectivity index (χ2v) is 13.6. The molecular formula is C33H51O7P. The minimum atomic E-state index is -4.54. The van der Waals surface area contributed by atoms with Crippen LogP contribution < -0.4 is 4.74 Å². The van der Waals surface area contributed by atoms with Gasteiger partial charge in [0.15, 0.2) is 5.60 Å². The predicted octanol–water partition coefficient (Wildman–Crippen LogP) is 8.93. The van der Waals surface area contributed by atoms with E-state index in [1.165, 1.54) is 5.57 Å². The molecular weight excluding hydrogens is 539 g/mol. The molecule has 3 atom stereocenters. The summed E-state index contributed by atoms with van der Waals surface area (Å²) in [7, 11) is -4.54. The highest BCUT2D eigenvalue weighted by Gasteiger charge is 2.50. The summed E-state index contributed by atoms with van der Waals surface area (Å²) >= 11 is 0. The number of ether oxygens (including phenoxy) is 1. The summed E-state index contributed by atoms with van der Waals surface area (Å²) in [5, 5.41) is 11.3. The minimum absolute atomic E-state index is 0.0800. The zero-order chi connectivity index (χ0) is 30.2. The second kappa shape index (κ2) is 15.0. The van der Waals surface area contributed by atoms with Crippen LogP contribution in [0.15, 0.2) is 35.9 Å². The summed E-state index contributed by atoms with van der Waals surface area (Å²) in [6, 6.07) is 3.57. The molecule has 1 fully saturated rings. The standard InChI is InChI=1S/C33H51O7P/c1-7-12-25(13-8-2)22-38-41(36,37)40-33(17-10-11-18-33)32(35)39-30-21-26(14-9-3)20-29(34)31(30)28-19-24(6)15-16-27(28)23(4)5/h19-21,25,27-28,34H,4,7-18,22H2,1-3,5-6H3,(H,36,37)/t27-,28+/m0/s1. The number of aryl methyl sites for hydroxylation is 1. The molecule has 1 aromatic carbocycles. The SMILES string of the molecule is C=C(C)[C@@H]1CCC(C)=C[C@H]1c1c(O)cc(CCC)cc1OC(=O)C1(OP(=O)(O)OCC(CCC)CCC)CCCC1. The Kier molecular flexibility index (Phi) is 12.3. The summed E-state index contributed by atoms with van der Waals surface area (Å²) in [5.74, 6) is -0.334. The maximum atomic E-state index is 13.9. The van der Waals surface area contributed by atoms with Crippen molar-refractivity contribution in [1.29, 1.82) is 0 Å². The first kappa shape index (κ1) is 33.6. The zero-order valence-electron chi connectivity index (χ0n) is 25.7. The third-order valence-corrected chi connectivity index (χ3v) is 9.63. The minimum Gasteiger partial charge on any atom is -0.507 e. The van der Waals surface area contributed by atoms with Crippen LogP contribution in [0.5, 0.6) is 11.5 Å². The molecule has 8 heteroatoms. The Balaban J connectivity index is 1.94. The predicted molar refractivity (Wildman–Crippen MR) is 163 cm³/mol. The van der Waals surface area contributed by atoms with E-state index in [1.807, 2.05) is 19.9 Å². The Bertz CT molecular complexity index is 1130. The molecule has 2 aliphatic rings. The van der Waals surface area contributed by atoms with E-state index < -0.39 is 19.4 Å². The smallest absolute Gasteiger partial charge is 0.473 e. The molecule has 0 heterocycles. The molecule has 0 radical (unpaired) electrons. The normalized spacial score (nSPS) is 21.9. The van der Waals surface area contributed by atoms with E-state index in [1.54, 1.807) is 6.07 Å². The average Bonchev–Trinajstić information content (AvgIpc) is 3.36. The van der Waals surface area contributed by atoms with Crippen LogP contribution in [-0.2, 0) is 24.8 Å². The highest BCUT2D eigenvalue weighted by molar-refractivity contribution is 7.47. The van der Waals surface area contributed by atoms with Crippen LogP contribution in [0.3, 0.4) is 0 Å². The molecule has 7 nitrogen and oxygen atoms in total. The van der Waals surface area contributed by atoms with Crippen molar-refractivity contribution < 1.29 is 33.1 Å². The third-order valence-electron chi connectivity index (χ3n) is 8.58. The summed E-state index contributed by atoms with van der Waals surface area (Å²) in [6.45, 7) is 14.6. The number of rotatable bonds is 15. The lowest BCUT2D eigenvalue weighted by Gasteiger charge is -2.33. The van der Waals surface area contributed by atoms with Crippen molar-refractivity contribution in [1.82, 2.24) is 0 Å². The van der Waals surface area contributed by atoms with Gasteiger partial charge in [-0.25, -0.2) is 9.36 Å². The maximum Gasteiger partial charge on any atom is 0.473 e. The van der Waals surface area contributed by atoms with E-state index in [9.17, 15) is 19.4 Å². The first-order valence-electron chi connectivity index (χ1n) is 15.5. The lowest BCUT2D eigenvalue weighted by Crippen LogP contribution is -2.41. The first-order chi connectivity index (χ1) is 19.4. The van der Waals surface area contributed by atoms with Gasteiger partial charge in [-0.2, -0.15) is 0 Å². The van der Waals surface area contributed by atoms with Crippen LogP contribution in [0.25, 0.3) is 0 Å². The molecule has 1 saturated carbocycles. The van der Waals surface area contributed by atoms with Gasteiger partial charge in [-0.1, -0.05) is 63.8 Å². The van der Waals surface area contributed by atoms with Crippen molar-refractivity contribution in [3.05, 3.63) is 47.1 Å². The quantitative estimate of drug-likeness (QED) is 0.0910. The van der Waals surface area contributed by atoms with Crippen molar-refractivity contribution in [2.24, 2.45) is 11.8 Å². The molecule has 2 aliphatic carbocycles. The molecule has 0 aliphatic heterocycles. The fraction of sp³-hybridized carbons (Fsp3) is 0.667. The third kappa shape index (κ3) is 8.79. The van der Waals surface area contributed by atoms with Crippen LogP contribution in [-0.4, -0.2) is 28.2 Å². The van der Waals surface area contributed by atoms with Gasteiger partial charge in [0.1, 0.15) is 11.5 Å². The van der Waals surface area contributed by atoms with Gasteiger partial charge in [0, 0.05) is 11.5 Å². The van der Waals surface area contributed by atoms with Crippen molar-refractivity contribution in [3.63, 3.8) is 0 Å². The highest BCUT2D eigenvalue weighted by atomic mass is 31.2. The van der Waals surface area contributed by atoms with Gasteiger partial charge in [-0.15, -0.1) is 0 Å². The number of phosphoric acid groups is 1. The molecule has 1 unspecified atom stereocenters. The molecule has 0 saturated heterocycles. The Labute approximate surface area is 247 Å². The van der Waals surface area contributed by atoms with Gasteiger partial charge in [0.25, 0.3) is 0 Å². The number of carbonyl (C=O) groups is 1. The van der Waals surface area contributed by atoms with Gasteiger partial charge in [0.2, 0.25) is 0 Å². The van der Waals surface area contributed by atoms with Crippen LogP contribution in [0.2, 0.25) is 0 Å². The van der Waals surface area contributed by atoms with E-state index in [0.29, 0.717) is 24.8 Å². The van der Waals surface area contributed by atoms with E-state index >= 15 is 0 Å². The molecule has 41 heavy (non-hydrogen) atoms. The molecule has 2 N–H and O–H groups in total. The summed E-state index contributed by atoms with van der Waals surface area (Å²) in [4.78, 5) is 24.6. The van der Waals surface area contributed by atoms with Gasteiger partial charge >= 0.3 is 13.8 Å². The first-order valence-corrected chi connectivity index (χ1v) is 17.0. The molecule has 1 aromatic rings. The fourth-order valence-corrected chi connectivity index (χ4v) is 7.62. The van der Waals surface area contributed by atoms with Crippen molar-refractivity contribution in [2.75, 3.05) is 6.61 Å². The summed E-state index contributed by atoms with van der Waals surface area (Å²) < 4.78 is 30.4. The topological polar surface area (TPSA) is 102 Å². The highest BCUT2D eigenvalue weighted by Crippen LogP contribution is 2.53. The molecule has 0 bridgehead atoms. The van der Waals surface area contributed by atoms with E-state index in [0.717, 1.165) is 56.1 Å². The second-order valence-electron chi connectivity index (χ2n) is 12.2. The Morgan fingerprint density at radius 2 is 1.80 bits per heavy atom. The number of benzene rings is 1. The Morgan fingerprint density at radius 3 is 2.39 bits per heavy atom. The molecule has 0 aromatic heterocycles. The van der Waals surface area contributed by atoms with Crippen LogP contribution in [0, 0.1) is 11.8 Å². The molecule has 3 rings (SSSR count). The zero-order valence-corrected chi connectivity index (χ0v) is 26.6. The lowest BCUT2D eigenvalue weighted by atomic mass is 9.73. The number of phosphoric ester groups is 1. The van der Waals surface area contributed by atoms with Crippen LogP contribution in [0.1, 0.15) is 122 Å². The van der Waals surface area contributed by atoms with Gasteiger partial charge in [-0.05, 0) is 101 Å². The van der Waals surface area contributed by atoms with E-state index in [2.05, 4.69) is 33.4 Å². The maximum absolute atomic E-state index is 13.9. The average molecular weight is 591 g/mol.